The van der Waals surface area contributed by atoms with Crippen LogP contribution < -0.4 is 4.74 Å². The van der Waals surface area contributed by atoms with Gasteiger partial charge in [0.05, 0.1) is 31.3 Å². The number of carbonyl (C=O) groups is 2. The molecule has 3 heterocycles. The van der Waals surface area contributed by atoms with Crippen molar-refractivity contribution in [1.29, 1.82) is 0 Å². The molecule has 0 bridgehead atoms. The van der Waals surface area contributed by atoms with Crippen molar-refractivity contribution in [3.05, 3.63) is 34.1 Å². The van der Waals surface area contributed by atoms with Crippen LogP contribution >= 0.6 is 27.3 Å². The monoisotopic (exact) mass is 517 g/mol. The molecular formula is C23H24BrN3O4S. The second-order valence-corrected chi connectivity index (χ2v) is 11.2. The van der Waals surface area contributed by atoms with E-state index in [9.17, 15) is 9.59 Å². The summed E-state index contributed by atoms with van der Waals surface area (Å²) in [6, 6.07) is 7.26. The molecule has 0 spiro atoms. The van der Waals surface area contributed by atoms with Gasteiger partial charge in [-0.15, -0.1) is 11.3 Å². The fraction of sp³-hybridized carbons (Fsp3) is 0.348. The molecule has 0 aliphatic carbocycles. The molecule has 0 unspecified atom stereocenters. The average Bonchev–Trinajstić information content (AvgIpc) is 3.33. The van der Waals surface area contributed by atoms with Gasteiger partial charge in [0.2, 0.25) is 0 Å². The smallest absolute Gasteiger partial charge is 0.435 e. The number of H-pyrrole nitrogens is 1. The van der Waals surface area contributed by atoms with E-state index in [-0.39, 0.29) is 5.97 Å². The van der Waals surface area contributed by atoms with E-state index < -0.39 is 17.1 Å². The Morgan fingerprint density at radius 1 is 1.12 bits per heavy atom. The second kappa shape index (κ2) is 7.74. The van der Waals surface area contributed by atoms with Crippen LogP contribution in [-0.2, 0) is 9.53 Å². The maximum atomic E-state index is 12.7. The minimum atomic E-state index is -0.631. The van der Waals surface area contributed by atoms with E-state index in [2.05, 4.69) is 26.0 Å². The van der Waals surface area contributed by atoms with Crippen LogP contribution in [0.15, 0.2) is 34.1 Å². The van der Waals surface area contributed by atoms with Gasteiger partial charge in [-0.1, -0.05) is 0 Å². The summed E-state index contributed by atoms with van der Waals surface area (Å²) in [7, 11) is 0. The normalized spacial score (nSPS) is 12.5. The maximum absolute atomic E-state index is 12.7. The van der Waals surface area contributed by atoms with Crippen LogP contribution in [-0.4, -0.2) is 32.4 Å². The fourth-order valence-corrected chi connectivity index (χ4v) is 4.58. The molecule has 4 rings (SSSR count). The van der Waals surface area contributed by atoms with E-state index in [1.807, 2.05) is 59.1 Å². The molecule has 1 aromatic carbocycles. The van der Waals surface area contributed by atoms with Gasteiger partial charge in [0.25, 0.3) is 0 Å². The molecule has 3 aromatic heterocycles. The van der Waals surface area contributed by atoms with Crippen molar-refractivity contribution >= 4 is 60.4 Å². The first kappa shape index (κ1) is 22.5. The molecule has 0 fully saturated rings. The van der Waals surface area contributed by atoms with Gasteiger partial charge < -0.3 is 14.5 Å². The summed E-state index contributed by atoms with van der Waals surface area (Å²) < 4.78 is 14.0. The van der Waals surface area contributed by atoms with Crippen molar-refractivity contribution in [2.24, 2.45) is 5.41 Å². The number of ether oxygens (including phenoxy) is 2. The fourth-order valence-electron chi connectivity index (χ4n) is 3.08. The molecule has 0 aliphatic rings. The Bertz CT molecular complexity index is 1350. The predicted octanol–water partition coefficient (Wildman–Crippen LogP) is 6.74. The van der Waals surface area contributed by atoms with Crippen molar-refractivity contribution in [3.8, 4) is 17.1 Å². The van der Waals surface area contributed by atoms with E-state index in [0.29, 0.717) is 17.0 Å². The highest BCUT2D eigenvalue weighted by Crippen LogP contribution is 2.40. The number of thiophene rings is 1. The topological polar surface area (TPSA) is 86.2 Å². The molecule has 0 aliphatic heterocycles. The number of rotatable bonds is 2. The summed E-state index contributed by atoms with van der Waals surface area (Å²) in [5, 5.41) is 7.39. The van der Waals surface area contributed by atoms with Crippen LogP contribution in [0.1, 0.15) is 41.5 Å². The third-order valence-corrected chi connectivity index (χ3v) is 6.35. The van der Waals surface area contributed by atoms with Gasteiger partial charge in [-0.2, -0.15) is 9.78 Å². The molecule has 1 N–H and O–H groups in total. The molecule has 4 aromatic rings. The Morgan fingerprint density at radius 2 is 1.84 bits per heavy atom. The molecule has 9 heteroatoms. The number of benzene rings is 1. The van der Waals surface area contributed by atoms with Crippen LogP contribution in [0.4, 0.5) is 4.79 Å². The van der Waals surface area contributed by atoms with Crippen LogP contribution in [0.3, 0.4) is 0 Å². The van der Waals surface area contributed by atoms with E-state index in [4.69, 9.17) is 9.47 Å². The number of halogens is 1. The van der Waals surface area contributed by atoms with Gasteiger partial charge in [0, 0.05) is 11.5 Å². The number of esters is 1. The molecular weight excluding hydrogens is 494 g/mol. The number of nitrogens with one attached hydrogen (secondary N) is 1. The van der Waals surface area contributed by atoms with Crippen molar-refractivity contribution in [2.75, 3.05) is 0 Å². The Morgan fingerprint density at radius 3 is 2.50 bits per heavy atom. The number of nitrogens with zero attached hydrogens (tertiary/aromatic N) is 2. The van der Waals surface area contributed by atoms with Gasteiger partial charge in [-0.05, 0) is 81.1 Å². The third kappa shape index (κ3) is 4.19. The first-order valence-corrected chi connectivity index (χ1v) is 11.8. The number of hydrogen-bond acceptors (Lipinski definition) is 6. The summed E-state index contributed by atoms with van der Waals surface area (Å²) in [5.74, 6) is 0.150. The zero-order valence-corrected chi connectivity index (χ0v) is 21.1. The summed E-state index contributed by atoms with van der Waals surface area (Å²) in [6.07, 6.45) is -0.532. The van der Waals surface area contributed by atoms with E-state index in [1.165, 1.54) is 16.0 Å². The summed E-state index contributed by atoms with van der Waals surface area (Å²) in [6.45, 7) is 10.9. The molecule has 168 valence electrons. The zero-order chi connectivity index (χ0) is 23.4. The van der Waals surface area contributed by atoms with Crippen molar-refractivity contribution in [1.82, 2.24) is 14.8 Å². The number of aromatic nitrogens is 3. The van der Waals surface area contributed by atoms with Crippen molar-refractivity contribution in [2.45, 2.75) is 47.1 Å². The number of hydrogen-bond donors (Lipinski definition) is 1. The number of aromatic amines is 1. The number of carbonyl (C=O) groups excluding carboxylic acids is 2. The highest BCUT2D eigenvalue weighted by Gasteiger charge is 2.26. The van der Waals surface area contributed by atoms with E-state index >= 15 is 0 Å². The Hall–Kier alpha value is -2.65. The van der Waals surface area contributed by atoms with Gasteiger partial charge in [-0.25, -0.2) is 4.79 Å². The predicted molar refractivity (Wildman–Crippen MR) is 129 cm³/mol. The lowest BCUT2D eigenvalue weighted by Crippen LogP contribution is -2.27. The minimum Gasteiger partial charge on any atom is -0.442 e. The Balaban J connectivity index is 1.77. The largest absolute Gasteiger partial charge is 0.442 e. The van der Waals surface area contributed by atoms with Crippen LogP contribution in [0.5, 0.6) is 5.75 Å². The van der Waals surface area contributed by atoms with Crippen LogP contribution in [0, 0.1) is 5.41 Å². The molecule has 0 radical (unpaired) electrons. The zero-order valence-electron chi connectivity index (χ0n) is 18.7. The highest BCUT2D eigenvalue weighted by molar-refractivity contribution is 9.10. The molecule has 7 nitrogen and oxygen atoms in total. The minimum absolute atomic E-state index is 0.306. The van der Waals surface area contributed by atoms with Gasteiger partial charge in [0.1, 0.15) is 17.0 Å². The summed E-state index contributed by atoms with van der Waals surface area (Å²) >= 11 is 5.16. The lowest BCUT2D eigenvalue weighted by Gasteiger charge is -2.18. The summed E-state index contributed by atoms with van der Waals surface area (Å²) in [5.41, 5.74) is 1.60. The SMILES string of the molecule is CC(C)(C)OC(=O)n1nc(-c2[nH]c3cc(OC(=O)C(C)(C)C)ccc3c2Br)c2sccc21. The van der Waals surface area contributed by atoms with Gasteiger partial charge in [-0.3, -0.25) is 4.79 Å². The number of fused-ring (bicyclic) bond motifs is 2. The molecule has 0 saturated carbocycles. The molecule has 0 saturated heterocycles. The van der Waals surface area contributed by atoms with Crippen LogP contribution in [0.25, 0.3) is 32.5 Å². The lowest BCUT2D eigenvalue weighted by molar-refractivity contribution is -0.142. The maximum Gasteiger partial charge on any atom is 0.435 e. The first-order valence-electron chi connectivity index (χ1n) is 10.1. The molecule has 0 amide bonds. The Labute approximate surface area is 197 Å². The average molecular weight is 518 g/mol. The lowest BCUT2D eigenvalue weighted by atomic mass is 9.97. The highest BCUT2D eigenvalue weighted by atomic mass is 79.9. The quantitative estimate of drug-likeness (QED) is 0.235. The Kier molecular flexibility index (Phi) is 5.45. The molecule has 0 atom stereocenters. The van der Waals surface area contributed by atoms with Crippen molar-refractivity contribution < 1.29 is 19.1 Å². The van der Waals surface area contributed by atoms with E-state index in [0.717, 1.165) is 25.8 Å². The summed E-state index contributed by atoms with van der Waals surface area (Å²) in [4.78, 5) is 28.3. The van der Waals surface area contributed by atoms with Gasteiger partial charge >= 0.3 is 12.1 Å². The van der Waals surface area contributed by atoms with Gasteiger partial charge in [0.15, 0.2) is 0 Å². The second-order valence-electron chi connectivity index (χ2n) is 9.54. The van der Waals surface area contributed by atoms with Crippen LogP contribution in [0.2, 0.25) is 0 Å². The standard InChI is InChI=1S/C23H24BrN3O4S/c1-22(2,3)20(28)30-12-7-8-13-14(11-12)25-17(16(13)24)18-19-15(9-10-32-19)27(26-18)21(29)31-23(4,5)6/h7-11,25H,1-6H3. The third-order valence-electron chi connectivity index (χ3n) is 4.62. The van der Waals surface area contributed by atoms with Crippen molar-refractivity contribution in [3.63, 3.8) is 0 Å². The first-order chi connectivity index (χ1) is 14.8. The van der Waals surface area contributed by atoms with E-state index in [1.54, 1.807) is 12.1 Å². The molecule has 32 heavy (non-hydrogen) atoms.